The van der Waals surface area contributed by atoms with Crippen LogP contribution >= 0.6 is 23.2 Å². The summed E-state index contributed by atoms with van der Waals surface area (Å²) in [4.78, 5) is 7.63. The van der Waals surface area contributed by atoms with E-state index in [2.05, 4.69) is 9.97 Å². The number of benzene rings is 1. The highest BCUT2D eigenvalue weighted by molar-refractivity contribution is 6.33. The van der Waals surface area contributed by atoms with Gasteiger partial charge in [-0.25, -0.2) is 14.4 Å². The van der Waals surface area contributed by atoms with Crippen LogP contribution in [0.2, 0.25) is 10.2 Å². The van der Waals surface area contributed by atoms with Gasteiger partial charge in [-0.2, -0.15) is 0 Å². The Bertz CT molecular complexity index is 567. The minimum absolute atomic E-state index is 0.0236. The van der Waals surface area contributed by atoms with Gasteiger partial charge in [0.2, 0.25) is 5.95 Å². The molecule has 2 rings (SSSR count). The molecule has 0 aliphatic heterocycles. The van der Waals surface area contributed by atoms with E-state index in [1.54, 1.807) is 19.1 Å². The Labute approximate surface area is 107 Å². The number of anilines is 1. The van der Waals surface area contributed by atoms with E-state index < -0.39 is 5.82 Å². The van der Waals surface area contributed by atoms with Gasteiger partial charge in [0.25, 0.3) is 0 Å². The van der Waals surface area contributed by atoms with Gasteiger partial charge in [-0.1, -0.05) is 29.3 Å². The fraction of sp³-hybridized carbons (Fsp3) is 0.0909. The summed E-state index contributed by atoms with van der Waals surface area (Å²) < 4.78 is 14.0. The van der Waals surface area contributed by atoms with Crippen molar-refractivity contribution in [3.8, 4) is 11.3 Å². The number of halogens is 3. The number of nitrogens with zero attached hydrogens (tertiary/aromatic N) is 2. The topological polar surface area (TPSA) is 51.8 Å². The third-order valence-electron chi connectivity index (χ3n) is 2.25. The first kappa shape index (κ1) is 12.1. The molecule has 0 bridgehead atoms. The molecule has 1 aromatic carbocycles. The maximum Gasteiger partial charge on any atom is 0.221 e. The van der Waals surface area contributed by atoms with Crippen LogP contribution in [0.5, 0.6) is 0 Å². The van der Waals surface area contributed by atoms with E-state index in [-0.39, 0.29) is 27.4 Å². The molecule has 0 amide bonds. The first-order valence-corrected chi connectivity index (χ1v) is 5.49. The van der Waals surface area contributed by atoms with Crippen LogP contribution in [0, 0.1) is 12.7 Å². The Morgan fingerprint density at radius 1 is 1.24 bits per heavy atom. The van der Waals surface area contributed by atoms with Crippen LogP contribution in [-0.4, -0.2) is 9.97 Å². The van der Waals surface area contributed by atoms with Crippen LogP contribution < -0.4 is 5.73 Å². The summed E-state index contributed by atoms with van der Waals surface area (Å²) in [6.07, 6.45) is 0. The van der Waals surface area contributed by atoms with Crippen LogP contribution in [0.15, 0.2) is 18.2 Å². The minimum Gasteiger partial charge on any atom is -0.368 e. The Morgan fingerprint density at radius 3 is 2.59 bits per heavy atom. The average molecular weight is 272 g/mol. The van der Waals surface area contributed by atoms with E-state index in [1.807, 2.05) is 0 Å². The van der Waals surface area contributed by atoms with E-state index in [4.69, 9.17) is 28.9 Å². The van der Waals surface area contributed by atoms with E-state index >= 15 is 0 Å². The Hall–Kier alpha value is -1.39. The summed E-state index contributed by atoms with van der Waals surface area (Å²) >= 11 is 11.7. The van der Waals surface area contributed by atoms with Crippen molar-refractivity contribution < 1.29 is 4.39 Å². The lowest BCUT2D eigenvalue weighted by atomic mass is 10.1. The highest BCUT2D eigenvalue weighted by Crippen LogP contribution is 2.32. The number of nitrogens with two attached hydrogens (primary N) is 1. The fourth-order valence-electron chi connectivity index (χ4n) is 1.45. The Morgan fingerprint density at radius 2 is 1.94 bits per heavy atom. The van der Waals surface area contributed by atoms with Crippen LogP contribution in [-0.2, 0) is 0 Å². The summed E-state index contributed by atoms with van der Waals surface area (Å²) in [5.41, 5.74) is 6.39. The van der Waals surface area contributed by atoms with Crippen molar-refractivity contribution >= 4 is 29.2 Å². The molecule has 1 heterocycles. The van der Waals surface area contributed by atoms with Gasteiger partial charge in [0.15, 0.2) is 0 Å². The van der Waals surface area contributed by atoms with Crippen LogP contribution in [0.3, 0.4) is 0 Å². The summed E-state index contributed by atoms with van der Waals surface area (Å²) in [7, 11) is 0. The predicted molar refractivity (Wildman–Crippen MR) is 66.6 cm³/mol. The smallest absolute Gasteiger partial charge is 0.221 e. The molecule has 2 N–H and O–H groups in total. The zero-order valence-electron chi connectivity index (χ0n) is 8.84. The molecule has 0 spiro atoms. The molecule has 0 aliphatic rings. The zero-order chi connectivity index (χ0) is 12.6. The summed E-state index contributed by atoms with van der Waals surface area (Å²) in [6.45, 7) is 1.64. The van der Waals surface area contributed by atoms with Gasteiger partial charge in [-0.05, 0) is 18.6 Å². The molecule has 88 valence electrons. The maximum atomic E-state index is 14.0. The Kier molecular flexibility index (Phi) is 3.17. The molecule has 6 heteroatoms. The standard InChI is InChI=1S/C11H8Cl2FN3/c1-5-2-3-6(12)9(10(5)14)7-4-8(13)17-11(15)16-7/h2-4H,1H3,(H2,15,16,17). The zero-order valence-corrected chi connectivity index (χ0v) is 10.3. The second-order valence-electron chi connectivity index (χ2n) is 3.49. The quantitative estimate of drug-likeness (QED) is 0.808. The van der Waals surface area contributed by atoms with Gasteiger partial charge in [-0.15, -0.1) is 0 Å². The highest BCUT2D eigenvalue weighted by Gasteiger charge is 2.14. The lowest BCUT2D eigenvalue weighted by molar-refractivity contribution is 0.621. The maximum absolute atomic E-state index is 14.0. The largest absolute Gasteiger partial charge is 0.368 e. The second kappa shape index (κ2) is 4.47. The molecule has 0 fully saturated rings. The third kappa shape index (κ3) is 2.33. The molecule has 3 nitrogen and oxygen atoms in total. The molecule has 1 aromatic heterocycles. The number of aryl methyl sites for hydroxylation is 1. The molecule has 0 saturated heterocycles. The van der Waals surface area contributed by atoms with Crippen molar-refractivity contribution in [2.24, 2.45) is 0 Å². The first-order chi connectivity index (χ1) is 7.99. The summed E-state index contributed by atoms with van der Waals surface area (Å²) in [5, 5.41) is 0.395. The average Bonchev–Trinajstić information content (AvgIpc) is 2.23. The summed E-state index contributed by atoms with van der Waals surface area (Å²) in [6, 6.07) is 4.61. The third-order valence-corrected chi connectivity index (χ3v) is 2.76. The van der Waals surface area contributed by atoms with E-state index in [9.17, 15) is 4.39 Å². The molecule has 0 aliphatic carbocycles. The van der Waals surface area contributed by atoms with Crippen molar-refractivity contribution in [3.63, 3.8) is 0 Å². The lowest BCUT2D eigenvalue weighted by Crippen LogP contribution is -1.99. The number of rotatable bonds is 1. The van der Waals surface area contributed by atoms with E-state index in [0.717, 1.165) is 0 Å². The van der Waals surface area contributed by atoms with E-state index in [1.165, 1.54) is 6.07 Å². The molecule has 0 atom stereocenters. The van der Waals surface area contributed by atoms with Gasteiger partial charge in [0.1, 0.15) is 11.0 Å². The molecule has 2 aromatic rings. The Balaban J connectivity index is 2.72. The van der Waals surface area contributed by atoms with Crippen molar-refractivity contribution in [1.29, 1.82) is 0 Å². The van der Waals surface area contributed by atoms with Gasteiger partial charge in [0, 0.05) is 6.07 Å². The van der Waals surface area contributed by atoms with Crippen LogP contribution in [0.1, 0.15) is 5.56 Å². The number of hydrogen-bond acceptors (Lipinski definition) is 3. The molecule has 17 heavy (non-hydrogen) atoms. The molecule has 0 radical (unpaired) electrons. The van der Waals surface area contributed by atoms with Crippen molar-refractivity contribution in [2.45, 2.75) is 6.92 Å². The molecular formula is C11H8Cl2FN3. The number of hydrogen-bond donors (Lipinski definition) is 1. The van der Waals surface area contributed by atoms with Gasteiger partial charge < -0.3 is 5.73 Å². The number of nitrogen functional groups attached to an aromatic ring is 1. The highest BCUT2D eigenvalue weighted by atomic mass is 35.5. The minimum atomic E-state index is -0.438. The van der Waals surface area contributed by atoms with Crippen LogP contribution in [0.25, 0.3) is 11.3 Å². The molecule has 0 unspecified atom stereocenters. The normalized spacial score (nSPS) is 10.6. The second-order valence-corrected chi connectivity index (χ2v) is 4.28. The lowest BCUT2D eigenvalue weighted by Gasteiger charge is -2.08. The van der Waals surface area contributed by atoms with E-state index in [0.29, 0.717) is 5.56 Å². The predicted octanol–water partition coefficient (Wildman–Crippen LogP) is 3.48. The first-order valence-electron chi connectivity index (χ1n) is 4.74. The summed E-state index contributed by atoms with van der Waals surface area (Å²) in [5.74, 6) is -0.462. The van der Waals surface area contributed by atoms with Crippen molar-refractivity contribution in [2.75, 3.05) is 5.73 Å². The fourth-order valence-corrected chi connectivity index (χ4v) is 1.89. The van der Waals surface area contributed by atoms with Gasteiger partial charge >= 0.3 is 0 Å². The molecular weight excluding hydrogens is 264 g/mol. The van der Waals surface area contributed by atoms with Crippen molar-refractivity contribution in [1.82, 2.24) is 9.97 Å². The van der Waals surface area contributed by atoms with Gasteiger partial charge in [-0.3, -0.25) is 0 Å². The van der Waals surface area contributed by atoms with Crippen LogP contribution in [0.4, 0.5) is 10.3 Å². The number of aromatic nitrogens is 2. The SMILES string of the molecule is Cc1ccc(Cl)c(-c2cc(Cl)nc(N)n2)c1F. The monoisotopic (exact) mass is 271 g/mol. The molecule has 0 saturated carbocycles. The van der Waals surface area contributed by atoms with Crippen molar-refractivity contribution in [3.05, 3.63) is 39.8 Å². The van der Waals surface area contributed by atoms with Gasteiger partial charge in [0.05, 0.1) is 16.3 Å².